The largest absolute Gasteiger partial charge is 0.497 e. The minimum atomic E-state index is -0.837. The summed E-state index contributed by atoms with van der Waals surface area (Å²) in [5, 5.41) is 9.09. The fourth-order valence-corrected chi connectivity index (χ4v) is 2.49. The Morgan fingerprint density at radius 2 is 2.19 bits per heavy atom. The number of anilines is 1. The molecule has 6 heteroatoms. The Kier molecular flexibility index (Phi) is 4.67. The number of likely N-dealkylation sites (tertiary alicyclic amines) is 1. The van der Waals surface area contributed by atoms with Gasteiger partial charge in [-0.05, 0) is 25.0 Å². The molecule has 1 saturated heterocycles. The van der Waals surface area contributed by atoms with Crippen molar-refractivity contribution in [3.63, 3.8) is 0 Å². The first-order valence-corrected chi connectivity index (χ1v) is 6.92. The predicted molar refractivity (Wildman–Crippen MR) is 78.7 cm³/mol. The third-order valence-electron chi connectivity index (χ3n) is 3.77. The van der Waals surface area contributed by atoms with E-state index in [2.05, 4.69) is 0 Å². The van der Waals surface area contributed by atoms with Gasteiger partial charge in [0.15, 0.2) is 0 Å². The number of carbonyl (C=O) groups is 2. The lowest BCUT2D eigenvalue weighted by Gasteiger charge is -2.33. The number of hydrogen-bond acceptors (Lipinski definition) is 3. The molecule has 1 aromatic rings. The fraction of sp³-hybridized carbons (Fsp3) is 0.467. The number of nitrogens with zero attached hydrogens (tertiary/aromatic N) is 2. The third-order valence-corrected chi connectivity index (χ3v) is 3.77. The molecule has 1 aliphatic rings. The molecular weight excluding hydrogens is 272 g/mol. The number of ether oxygens (including phenoxy) is 1. The van der Waals surface area contributed by atoms with Gasteiger partial charge < -0.3 is 14.7 Å². The van der Waals surface area contributed by atoms with Gasteiger partial charge >= 0.3 is 12.0 Å². The SMILES string of the molecule is COc1cccc(N(C)C(=O)N2CCCC(C(=O)O)C2)c1. The number of carboxylic acids is 1. The Bertz CT molecular complexity index is 532. The molecule has 1 N–H and O–H groups in total. The van der Waals surface area contributed by atoms with E-state index in [0.717, 1.165) is 5.69 Å². The number of carboxylic acid groups (broad SMARTS) is 1. The first kappa shape index (κ1) is 15.2. The first-order valence-electron chi connectivity index (χ1n) is 6.92. The van der Waals surface area contributed by atoms with E-state index in [9.17, 15) is 9.59 Å². The number of hydrogen-bond donors (Lipinski definition) is 1. The van der Waals surface area contributed by atoms with Crippen molar-refractivity contribution >= 4 is 17.7 Å². The van der Waals surface area contributed by atoms with Crippen LogP contribution >= 0.6 is 0 Å². The van der Waals surface area contributed by atoms with E-state index in [1.807, 2.05) is 18.2 Å². The zero-order chi connectivity index (χ0) is 15.4. The van der Waals surface area contributed by atoms with E-state index in [-0.39, 0.29) is 12.6 Å². The van der Waals surface area contributed by atoms with E-state index in [4.69, 9.17) is 9.84 Å². The molecule has 0 aromatic heterocycles. The number of carbonyl (C=O) groups excluding carboxylic acids is 1. The zero-order valence-corrected chi connectivity index (χ0v) is 12.3. The topological polar surface area (TPSA) is 70.1 Å². The summed E-state index contributed by atoms with van der Waals surface area (Å²) in [7, 11) is 3.25. The van der Waals surface area contributed by atoms with E-state index < -0.39 is 11.9 Å². The summed E-state index contributed by atoms with van der Waals surface area (Å²) < 4.78 is 5.15. The Balaban J connectivity index is 2.09. The van der Waals surface area contributed by atoms with Crippen LogP contribution in [0.15, 0.2) is 24.3 Å². The van der Waals surface area contributed by atoms with Gasteiger partial charge in [0, 0.05) is 31.9 Å². The van der Waals surface area contributed by atoms with Gasteiger partial charge in [0.1, 0.15) is 5.75 Å². The average Bonchev–Trinajstić information content (AvgIpc) is 2.53. The zero-order valence-electron chi connectivity index (χ0n) is 12.3. The van der Waals surface area contributed by atoms with Crippen molar-refractivity contribution < 1.29 is 19.4 Å². The molecule has 2 rings (SSSR count). The number of benzene rings is 1. The van der Waals surface area contributed by atoms with Crippen molar-refractivity contribution in [2.45, 2.75) is 12.8 Å². The van der Waals surface area contributed by atoms with Crippen LogP contribution in [0.5, 0.6) is 5.75 Å². The molecule has 1 atom stereocenters. The van der Waals surface area contributed by atoms with Crippen molar-refractivity contribution in [3.05, 3.63) is 24.3 Å². The van der Waals surface area contributed by atoms with Crippen LogP contribution in [-0.2, 0) is 4.79 Å². The summed E-state index contributed by atoms with van der Waals surface area (Å²) in [5.74, 6) is -0.632. The summed E-state index contributed by atoms with van der Waals surface area (Å²) in [5.41, 5.74) is 0.719. The molecule has 0 saturated carbocycles. The number of methoxy groups -OCH3 is 1. The number of piperidine rings is 1. The van der Waals surface area contributed by atoms with Crippen LogP contribution in [0.4, 0.5) is 10.5 Å². The van der Waals surface area contributed by atoms with Crippen LogP contribution in [-0.4, -0.2) is 49.3 Å². The average molecular weight is 292 g/mol. The van der Waals surface area contributed by atoms with Gasteiger partial charge in [-0.25, -0.2) is 4.79 Å². The van der Waals surface area contributed by atoms with Crippen LogP contribution in [0.1, 0.15) is 12.8 Å². The van der Waals surface area contributed by atoms with Gasteiger partial charge in [-0.1, -0.05) is 6.07 Å². The van der Waals surface area contributed by atoms with Gasteiger partial charge in [0.2, 0.25) is 0 Å². The molecule has 0 radical (unpaired) electrons. The molecule has 114 valence electrons. The lowest BCUT2D eigenvalue weighted by molar-refractivity contribution is -0.143. The van der Waals surface area contributed by atoms with Crippen molar-refractivity contribution in [1.29, 1.82) is 0 Å². The Morgan fingerprint density at radius 3 is 2.86 bits per heavy atom. The van der Waals surface area contributed by atoms with Crippen molar-refractivity contribution in [3.8, 4) is 5.75 Å². The maximum atomic E-state index is 12.5. The normalized spacial score (nSPS) is 18.2. The van der Waals surface area contributed by atoms with Crippen LogP contribution in [0.3, 0.4) is 0 Å². The lowest BCUT2D eigenvalue weighted by atomic mass is 9.99. The highest BCUT2D eigenvalue weighted by Crippen LogP contribution is 2.23. The molecule has 1 fully saturated rings. The lowest BCUT2D eigenvalue weighted by Crippen LogP contribution is -2.47. The summed E-state index contributed by atoms with van der Waals surface area (Å²) in [6, 6.07) is 7.03. The van der Waals surface area contributed by atoms with Gasteiger partial charge in [-0.15, -0.1) is 0 Å². The molecule has 2 amide bonds. The summed E-state index contributed by atoms with van der Waals surface area (Å²) in [6.07, 6.45) is 1.34. The number of urea groups is 1. The van der Waals surface area contributed by atoms with Gasteiger partial charge in [0.05, 0.1) is 13.0 Å². The molecule has 0 bridgehead atoms. The molecule has 21 heavy (non-hydrogen) atoms. The highest BCUT2D eigenvalue weighted by Gasteiger charge is 2.29. The minimum absolute atomic E-state index is 0.186. The van der Waals surface area contributed by atoms with Gasteiger partial charge in [0.25, 0.3) is 0 Å². The second-order valence-corrected chi connectivity index (χ2v) is 5.17. The number of rotatable bonds is 3. The van der Waals surface area contributed by atoms with Crippen LogP contribution in [0, 0.1) is 5.92 Å². The standard InChI is InChI=1S/C15H20N2O4/c1-16(12-6-3-7-13(9-12)21-2)15(20)17-8-4-5-11(10-17)14(18)19/h3,6-7,9,11H,4-5,8,10H2,1-2H3,(H,18,19). The molecule has 0 spiro atoms. The number of aliphatic carboxylic acids is 1. The third kappa shape index (κ3) is 3.45. The Morgan fingerprint density at radius 1 is 1.43 bits per heavy atom. The summed E-state index contributed by atoms with van der Waals surface area (Å²) in [6.45, 7) is 0.861. The quantitative estimate of drug-likeness (QED) is 0.925. The molecule has 1 aromatic carbocycles. The fourth-order valence-electron chi connectivity index (χ4n) is 2.49. The molecule has 6 nitrogen and oxygen atoms in total. The predicted octanol–water partition coefficient (Wildman–Crippen LogP) is 2.05. The van der Waals surface area contributed by atoms with Gasteiger partial charge in [-0.2, -0.15) is 0 Å². The van der Waals surface area contributed by atoms with Crippen molar-refractivity contribution in [2.75, 3.05) is 32.1 Å². The van der Waals surface area contributed by atoms with E-state index in [1.54, 1.807) is 25.1 Å². The first-order chi connectivity index (χ1) is 10.0. The Labute approximate surface area is 123 Å². The van der Waals surface area contributed by atoms with E-state index in [1.165, 1.54) is 4.90 Å². The second kappa shape index (κ2) is 6.47. The van der Waals surface area contributed by atoms with Crippen molar-refractivity contribution in [2.24, 2.45) is 5.92 Å². The highest BCUT2D eigenvalue weighted by molar-refractivity contribution is 5.92. The molecule has 1 heterocycles. The monoisotopic (exact) mass is 292 g/mol. The second-order valence-electron chi connectivity index (χ2n) is 5.17. The molecule has 0 aliphatic carbocycles. The minimum Gasteiger partial charge on any atom is -0.497 e. The molecule has 1 unspecified atom stereocenters. The summed E-state index contributed by atoms with van der Waals surface area (Å²) >= 11 is 0. The maximum absolute atomic E-state index is 12.5. The maximum Gasteiger partial charge on any atom is 0.324 e. The Hall–Kier alpha value is -2.24. The van der Waals surface area contributed by atoms with Crippen LogP contribution < -0.4 is 9.64 Å². The smallest absolute Gasteiger partial charge is 0.324 e. The molecule has 1 aliphatic heterocycles. The van der Waals surface area contributed by atoms with Crippen molar-refractivity contribution in [1.82, 2.24) is 4.90 Å². The van der Waals surface area contributed by atoms with E-state index in [0.29, 0.717) is 25.1 Å². The van der Waals surface area contributed by atoms with Crippen LogP contribution in [0.25, 0.3) is 0 Å². The molecular formula is C15H20N2O4. The number of amides is 2. The van der Waals surface area contributed by atoms with E-state index >= 15 is 0 Å². The van der Waals surface area contributed by atoms with Crippen LogP contribution in [0.2, 0.25) is 0 Å². The highest BCUT2D eigenvalue weighted by atomic mass is 16.5. The van der Waals surface area contributed by atoms with Gasteiger partial charge in [-0.3, -0.25) is 9.69 Å². The summed E-state index contributed by atoms with van der Waals surface area (Å²) in [4.78, 5) is 26.7.